The Morgan fingerprint density at radius 2 is 1.96 bits per heavy atom. The quantitative estimate of drug-likeness (QED) is 0.932. The van der Waals surface area contributed by atoms with Gasteiger partial charge in [-0.15, -0.1) is 0 Å². The van der Waals surface area contributed by atoms with Crippen molar-refractivity contribution in [3.8, 4) is 5.75 Å². The number of ether oxygens (including phenoxy) is 1. The van der Waals surface area contributed by atoms with Gasteiger partial charge in [0.2, 0.25) is 5.91 Å². The third-order valence-electron chi connectivity index (χ3n) is 4.76. The molecule has 124 valence electrons. The summed E-state index contributed by atoms with van der Waals surface area (Å²) in [6, 6.07) is 11.1. The van der Waals surface area contributed by atoms with E-state index in [1.54, 1.807) is 0 Å². The highest BCUT2D eigenvalue weighted by molar-refractivity contribution is 5.83. The van der Waals surface area contributed by atoms with E-state index in [-0.39, 0.29) is 23.8 Å². The Labute approximate surface area is 138 Å². The summed E-state index contributed by atoms with van der Waals surface area (Å²) in [5.74, 6) is -0.875. The summed E-state index contributed by atoms with van der Waals surface area (Å²) >= 11 is 0. The number of carbonyl (C=O) groups is 1. The zero-order valence-corrected chi connectivity index (χ0v) is 13.0. The molecule has 2 aromatic carbocycles. The molecule has 3 atom stereocenters. The molecule has 24 heavy (non-hydrogen) atoms. The Morgan fingerprint density at radius 1 is 1.12 bits per heavy atom. The fraction of sp³-hybridized carbons (Fsp3) is 0.316. The third-order valence-corrected chi connectivity index (χ3v) is 4.76. The summed E-state index contributed by atoms with van der Waals surface area (Å²) in [5.41, 5.74) is 1.39. The predicted octanol–water partition coefficient (Wildman–Crippen LogP) is 3.71. The zero-order chi connectivity index (χ0) is 16.7. The van der Waals surface area contributed by atoms with Crippen LogP contribution in [0.15, 0.2) is 42.5 Å². The van der Waals surface area contributed by atoms with Crippen molar-refractivity contribution in [1.82, 2.24) is 5.32 Å². The lowest BCUT2D eigenvalue weighted by Gasteiger charge is -2.26. The summed E-state index contributed by atoms with van der Waals surface area (Å²) in [6.07, 6.45) is 1.31. The van der Waals surface area contributed by atoms with Gasteiger partial charge in [0.05, 0.1) is 12.6 Å². The Bertz CT molecular complexity index is 793. The minimum atomic E-state index is -0.600. The van der Waals surface area contributed by atoms with Crippen molar-refractivity contribution in [3.05, 3.63) is 65.2 Å². The Hall–Kier alpha value is -2.43. The number of para-hydroxylation sites is 1. The first kappa shape index (κ1) is 15.1. The van der Waals surface area contributed by atoms with Crippen LogP contribution in [0.4, 0.5) is 8.78 Å². The van der Waals surface area contributed by atoms with E-state index in [4.69, 9.17) is 4.74 Å². The third kappa shape index (κ3) is 2.75. The number of rotatable bonds is 3. The monoisotopic (exact) mass is 329 g/mol. The van der Waals surface area contributed by atoms with E-state index in [0.717, 1.165) is 17.4 Å². The lowest BCUT2D eigenvalue weighted by Crippen LogP contribution is -2.33. The number of nitrogens with one attached hydrogen (secondary N) is 1. The van der Waals surface area contributed by atoms with Gasteiger partial charge in [-0.1, -0.05) is 24.3 Å². The number of fused-ring (bicyclic) bond motifs is 1. The van der Waals surface area contributed by atoms with Crippen molar-refractivity contribution in [2.24, 2.45) is 5.92 Å². The predicted molar refractivity (Wildman–Crippen MR) is 84.6 cm³/mol. The van der Waals surface area contributed by atoms with Gasteiger partial charge >= 0.3 is 0 Å². The summed E-state index contributed by atoms with van der Waals surface area (Å²) in [4.78, 5) is 12.5. The first-order chi connectivity index (χ1) is 11.6. The van der Waals surface area contributed by atoms with Crippen molar-refractivity contribution in [1.29, 1.82) is 0 Å². The van der Waals surface area contributed by atoms with E-state index < -0.39 is 11.6 Å². The van der Waals surface area contributed by atoms with Gasteiger partial charge in [-0.2, -0.15) is 0 Å². The average molecular weight is 329 g/mol. The van der Waals surface area contributed by atoms with Crippen molar-refractivity contribution in [2.45, 2.75) is 24.8 Å². The van der Waals surface area contributed by atoms with E-state index in [9.17, 15) is 13.6 Å². The normalized spacial score (nSPS) is 24.7. The number of carbonyl (C=O) groups excluding carboxylic acids is 1. The van der Waals surface area contributed by atoms with Crippen LogP contribution in [0, 0.1) is 17.6 Å². The molecule has 0 bridgehead atoms. The second-order valence-electron chi connectivity index (χ2n) is 6.35. The van der Waals surface area contributed by atoms with E-state index in [0.29, 0.717) is 25.0 Å². The lowest BCUT2D eigenvalue weighted by molar-refractivity contribution is -0.123. The molecule has 1 heterocycles. The molecule has 4 rings (SSSR count). The molecule has 0 spiro atoms. The molecule has 5 heteroatoms. The molecule has 0 radical (unpaired) electrons. The van der Waals surface area contributed by atoms with E-state index in [1.165, 1.54) is 12.1 Å². The van der Waals surface area contributed by atoms with Crippen LogP contribution in [0.1, 0.15) is 35.9 Å². The molecule has 1 fully saturated rings. The van der Waals surface area contributed by atoms with Gasteiger partial charge in [-0.25, -0.2) is 8.78 Å². The summed E-state index contributed by atoms with van der Waals surface area (Å²) in [5, 5.41) is 3.05. The molecule has 1 aliphatic heterocycles. The summed E-state index contributed by atoms with van der Waals surface area (Å²) in [6.45, 7) is 0.558. The van der Waals surface area contributed by atoms with Crippen LogP contribution in [0.5, 0.6) is 5.75 Å². The van der Waals surface area contributed by atoms with Crippen molar-refractivity contribution < 1.29 is 18.3 Å². The maximum Gasteiger partial charge on any atom is 0.224 e. The maximum absolute atomic E-state index is 13.8. The molecule has 2 aliphatic rings. The van der Waals surface area contributed by atoms with Gasteiger partial charge in [-0.05, 0) is 30.0 Å². The molecule has 0 saturated heterocycles. The highest BCUT2D eigenvalue weighted by Gasteiger charge is 2.45. The van der Waals surface area contributed by atoms with Crippen LogP contribution in [-0.4, -0.2) is 12.5 Å². The van der Waals surface area contributed by atoms with Crippen molar-refractivity contribution in [2.75, 3.05) is 6.61 Å². The van der Waals surface area contributed by atoms with Gasteiger partial charge in [0.15, 0.2) is 0 Å². The molecular weight excluding hydrogens is 312 g/mol. The Morgan fingerprint density at radius 3 is 2.79 bits per heavy atom. The van der Waals surface area contributed by atoms with Crippen LogP contribution in [0.25, 0.3) is 0 Å². The summed E-state index contributed by atoms with van der Waals surface area (Å²) < 4.78 is 32.4. The van der Waals surface area contributed by atoms with Gasteiger partial charge < -0.3 is 10.1 Å². The molecule has 1 N–H and O–H groups in total. The SMILES string of the molecule is O=C(NC1CCOc2ccccc21)C1CC1c1ccc(F)cc1F. The topological polar surface area (TPSA) is 38.3 Å². The standard InChI is InChI=1S/C19H17F2NO2/c20-11-5-6-12(16(21)9-11)14-10-15(14)19(23)22-17-7-8-24-18-4-2-1-3-13(17)18/h1-6,9,14-15,17H,7-8,10H2,(H,22,23). The molecule has 3 unspecified atom stereocenters. The fourth-order valence-electron chi connectivity index (χ4n) is 3.40. The van der Waals surface area contributed by atoms with Crippen LogP contribution in [0.3, 0.4) is 0 Å². The minimum Gasteiger partial charge on any atom is -0.493 e. The van der Waals surface area contributed by atoms with Crippen LogP contribution in [-0.2, 0) is 4.79 Å². The van der Waals surface area contributed by atoms with E-state index >= 15 is 0 Å². The Kier molecular flexibility index (Phi) is 3.71. The van der Waals surface area contributed by atoms with Crippen molar-refractivity contribution >= 4 is 5.91 Å². The van der Waals surface area contributed by atoms with E-state index in [2.05, 4.69) is 5.32 Å². The summed E-state index contributed by atoms with van der Waals surface area (Å²) in [7, 11) is 0. The first-order valence-electron chi connectivity index (χ1n) is 8.10. The van der Waals surface area contributed by atoms with Crippen molar-refractivity contribution in [3.63, 3.8) is 0 Å². The minimum absolute atomic E-state index is 0.0783. The maximum atomic E-state index is 13.8. The lowest BCUT2D eigenvalue weighted by atomic mass is 10.00. The van der Waals surface area contributed by atoms with Gasteiger partial charge in [0.1, 0.15) is 17.4 Å². The second kappa shape index (κ2) is 5.89. The molecule has 0 aromatic heterocycles. The average Bonchev–Trinajstić information content (AvgIpc) is 3.36. The van der Waals surface area contributed by atoms with Crippen LogP contribution >= 0.6 is 0 Å². The molecule has 3 nitrogen and oxygen atoms in total. The Balaban J connectivity index is 1.45. The number of hydrogen-bond acceptors (Lipinski definition) is 2. The van der Waals surface area contributed by atoms with Crippen LogP contribution < -0.4 is 10.1 Å². The number of hydrogen-bond donors (Lipinski definition) is 1. The first-order valence-corrected chi connectivity index (χ1v) is 8.10. The van der Waals surface area contributed by atoms with Gasteiger partial charge in [0, 0.05) is 24.0 Å². The van der Waals surface area contributed by atoms with Gasteiger partial charge in [-0.3, -0.25) is 4.79 Å². The smallest absolute Gasteiger partial charge is 0.224 e. The highest BCUT2D eigenvalue weighted by Crippen LogP contribution is 2.49. The highest BCUT2D eigenvalue weighted by atomic mass is 19.1. The van der Waals surface area contributed by atoms with Gasteiger partial charge in [0.25, 0.3) is 0 Å². The molecular formula is C19H17F2NO2. The number of amides is 1. The molecule has 1 aliphatic carbocycles. The molecule has 2 aromatic rings. The fourth-order valence-corrected chi connectivity index (χ4v) is 3.40. The number of benzene rings is 2. The zero-order valence-electron chi connectivity index (χ0n) is 13.0. The molecule has 1 amide bonds. The second-order valence-corrected chi connectivity index (χ2v) is 6.35. The molecule has 1 saturated carbocycles. The van der Waals surface area contributed by atoms with Crippen LogP contribution in [0.2, 0.25) is 0 Å². The number of halogens is 2. The van der Waals surface area contributed by atoms with E-state index in [1.807, 2.05) is 24.3 Å². The largest absolute Gasteiger partial charge is 0.493 e.